The lowest BCUT2D eigenvalue weighted by Gasteiger charge is -2.14. The Morgan fingerprint density at radius 1 is 1.00 bits per heavy atom. The van der Waals surface area contributed by atoms with E-state index >= 15 is 0 Å². The molecule has 6 heteroatoms. The van der Waals surface area contributed by atoms with E-state index in [1.165, 1.54) is 13.0 Å². The molecule has 0 aliphatic carbocycles. The fraction of sp³-hybridized carbons (Fsp3) is 0.235. The standard InChI is InChI=1S/C17H19NO4S/c1-11-9-13(3)17(10-12(11)2)23(20,21)22-16-8-6-5-7-15(16)18-14(4)19/h5-10H,1-4H3,(H,18,19). The molecule has 122 valence electrons. The van der Waals surface area contributed by atoms with Crippen LogP contribution in [0.2, 0.25) is 0 Å². The van der Waals surface area contributed by atoms with Gasteiger partial charge in [0.1, 0.15) is 4.90 Å². The molecular weight excluding hydrogens is 314 g/mol. The summed E-state index contributed by atoms with van der Waals surface area (Å²) in [6, 6.07) is 9.82. The average molecular weight is 333 g/mol. The van der Waals surface area contributed by atoms with E-state index in [2.05, 4.69) is 5.32 Å². The zero-order chi connectivity index (χ0) is 17.2. The Morgan fingerprint density at radius 2 is 1.61 bits per heavy atom. The Morgan fingerprint density at radius 3 is 2.26 bits per heavy atom. The van der Waals surface area contributed by atoms with E-state index in [1.807, 2.05) is 19.9 Å². The highest BCUT2D eigenvalue weighted by Crippen LogP contribution is 2.29. The van der Waals surface area contributed by atoms with Gasteiger partial charge in [-0.05, 0) is 55.7 Å². The molecule has 2 rings (SSSR count). The van der Waals surface area contributed by atoms with Crippen LogP contribution in [0.5, 0.6) is 5.75 Å². The van der Waals surface area contributed by atoms with Crippen LogP contribution in [0.3, 0.4) is 0 Å². The first-order valence-corrected chi connectivity index (χ1v) is 8.50. The van der Waals surface area contributed by atoms with Crippen LogP contribution in [-0.4, -0.2) is 14.3 Å². The fourth-order valence-corrected chi connectivity index (χ4v) is 3.44. The van der Waals surface area contributed by atoms with Crippen LogP contribution in [0, 0.1) is 20.8 Å². The third-order valence-corrected chi connectivity index (χ3v) is 4.84. The molecule has 0 saturated carbocycles. The second-order valence-corrected chi connectivity index (χ2v) is 6.93. The first-order chi connectivity index (χ1) is 10.7. The van der Waals surface area contributed by atoms with E-state index in [-0.39, 0.29) is 16.6 Å². The number of hydrogen-bond donors (Lipinski definition) is 1. The number of carbonyl (C=O) groups excluding carboxylic acids is 1. The second kappa shape index (κ2) is 6.42. The summed E-state index contributed by atoms with van der Waals surface area (Å²) in [5.74, 6) is -0.221. The largest absolute Gasteiger partial charge is 0.377 e. The Balaban J connectivity index is 2.44. The van der Waals surface area contributed by atoms with Crippen molar-refractivity contribution in [3.63, 3.8) is 0 Å². The van der Waals surface area contributed by atoms with Crippen molar-refractivity contribution in [3.05, 3.63) is 53.1 Å². The maximum atomic E-state index is 12.6. The Hall–Kier alpha value is -2.34. The van der Waals surface area contributed by atoms with E-state index in [0.717, 1.165) is 11.1 Å². The summed E-state index contributed by atoms with van der Waals surface area (Å²) in [6.07, 6.45) is 0. The van der Waals surface area contributed by atoms with E-state index < -0.39 is 10.1 Å². The first-order valence-electron chi connectivity index (χ1n) is 7.09. The molecule has 23 heavy (non-hydrogen) atoms. The van der Waals surface area contributed by atoms with E-state index in [1.54, 1.807) is 31.2 Å². The maximum absolute atomic E-state index is 12.6. The Bertz CT molecular complexity index is 857. The van der Waals surface area contributed by atoms with Crippen molar-refractivity contribution in [2.75, 3.05) is 5.32 Å². The summed E-state index contributed by atoms with van der Waals surface area (Å²) in [4.78, 5) is 11.3. The van der Waals surface area contributed by atoms with Gasteiger partial charge in [-0.15, -0.1) is 0 Å². The van der Waals surface area contributed by atoms with Crippen LogP contribution in [0.25, 0.3) is 0 Å². The van der Waals surface area contributed by atoms with Crippen LogP contribution < -0.4 is 9.50 Å². The third kappa shape index (κ3) is 3.90. The van der Waals surface area contributed by atoms with Crippen LogP contribution in [0.15, 0.2) is 41.3 Å². The molecule has 0 spiro atoms. The molecule has 2 aromatic rings. The molecule has 0 aromatic heterocycles. The minimum atomic E-state index is -3.99. The highest BCUT2D eigenvalue weighted by atomic mass is 32.2. The van der Waals surface area contributed by atoms with E-state index in [9.17, 15) is 13.2 Å². The van der Waals surface area contributed by atoms with Crippen molar-refractivity contribution < 1.29 is 17.4 Å². The molecular formula is C17H19NO4S. The molecule has 1 amide bonds. The number of carbonyl (C=O) groups is 1. The van der Waals surface area contributed by atoms with E-state index in [0.29, 0.717) is 11.3 Å². The molecule has 0 aliphatic rings. The molecule has 0 saturated heterocycles. The van der Waals surface area contributed by atoms with Gasteiger partial charge in [0.15, 0.2) is 5.75 Å². The van der Waals surface area contributed by atoms with Crippen molar-refractivity contribution in [2.24, 2.45) is 0 Å². The highest BCUT2D eigenvalue weighted by molar-refractivity contribution is 7.87. The van der Waals surface area contributed by atoms with Crippen molar-refractivity contribution in [2.45, 2.75) is 32.6 Å². The summed E-state index contributed by atoms with van der Waals surface area (Å²) >= 11 is 0. The molecule has 0 fully saturated rings. The van der Waals surface area contributed by atoms with Gasteiger partial charge < -0.3 is 9.50 Å². The lowest BCUT2D eigenvalue weighted by atomic mass is 10.1. The molecule has 0 bridgehead atoms. The Kier molecular flexibility index (Phi) is 4.75. The average Bonchev–Trinajstić information content (AvgIpc) is 2.44. The van der Waals surface area contributed by atoms with E-state index in [4.69, 9.17) is 4.18 Å². The van der Waals surface area contributed by atoms with Crippen molar-refractivity contribution in [1.29, 1.82) is 0 Å². The van der Waals surface area contributed by atoms with Gasteiger partial charge in [0.25, 0.3) is 0 Å². The van der Waals surface area contributed by atoms with Crippen molar-refractivity contribution >= 4 is 21.7 Å². The highest BCUT2D eigenvalue weighted by Gasteiger charge is 2.21. The summed E-state index contributed by atoms with van der Waals surface area (Å²) in [7, 11) is -3.99. The molecule has 0 heterocycles. The third-order valence-electron chi connectivity index (χ3n) is 3.46. The number of nitrogens with one attached hydrogen (secondary N) is 1. The minimum Gasteiger partial charge on any atom is -0.377 e. The van der Waals surface area contributed by atoms with Crippen molar-refractivity contribution in [1.82, 2.24) is 0 Å². The van der Waals surface area contributed by atoms with Gasteiger partial charge >= 0.3 is 10.1 Å². The van der Waals surface area contributed by atoms with Gasteiger partial charge in [-0.1, -0.05) is 18.2 Å². The van der Waals surface area contributed by atoms with Crippen LogP contribution >= 0.6 is 0 Å². The summed E-state index contributed by atoms with van der Waals surface area (Å²) in [5.41, 5.74) is 2.81. The summed E-state index contributed by atoms with van der Waals surface area (Å²) in [5, 5.41) is 2.55. The molecule has 0 unspecified atom stereocenters. The van der Waals surface area contributed by atoms with Crippen LogP contribution in [-0.2, 0) is 14.9 Å². The molecule has 0 radical (unpaired) electrons. The van der Waals surface area contributed by atoms with Gasteiger partial charge in [-0.3, -0.25) is 4.79 Å². The quantitative estimate of drug-likeness (QED) is 0.871. The smallest absolute Gasteiger partial charge is 0.339 e. The number of para-hydroxylation sites is 2. The molecule has 5 nitrogen and oxygen atoms in total. The SMILES string of the molecule is CC(=O)Nc1ccccc1OS(=O)(=O)c1cc(C)c(C)cc1C. The number of aryl methyl sites for hydroxylation is 3. The number of rotatable bonds is 4. The summed E-state index contributed by atoms with van der Waals surface area (Å²) in [6.45, 7) is 6.84. The predicted octanol–water partition coefficient (Wildman–Crippen LogP) is 3.34. The van der Waals surface area contributed by atoms with Crippen LogP contribution in [0.4, 0.5) is 5.69 Å². The minimum absolute atomic E-state index is 0.0836. The lowest BCUT2D eigenvalue weighted by Crippen LogP contribution is -2.14. The summed E-state index contributed by atoms with van der Waals surface area (Å²) < 4.78 is 30.4. The van der Waals surface area contributed by atoms with Gasteiger partial charge in [0.2, 0.25) is 5.91 Å². The number of anilines is 1. The monoisotopic (exact) mass is 333 g/mol. The van der Waals surface area contributed by atoms with Gasteiger partial charge in [-0.2, -0.15) is 8.42 Å². The second-order valence-electron chi connectivity index (χ2n) is 5.42. The van der Waals surface area contributed by atoms with Crippen molar-refractivity contribution in [3.8, 4) is 5.75 Å². The molecule has 0 aliphatic heterocycles. The normalized spacial score (nSPS) is 11.1. The predicted molar refractivity (Wildman–Crippen MR) is 89.2 cm³/mol. The van der Waals surface area contributed by atoms with Gasteiger partial charge in [0, 0.05) is 6.92 Å². The van der Waals surface area contributed by atoms with Gasteiger partial charge in [-0.25, -0.2) is 0 Å². The molecule has 0 atom stereocenters. The Labute approximate surface area is 136 Å². The topological polar surface area (TPSA) is 72.5 Å². The lowest BCUT2D eigenvalue weighted by molar-refractivity contribution is -0.114. The van der Waals surface area contributed by atoms with Gasteiger partial charge in [0.05, 0.1) is 5.69 Å². The number of benzene rings is 2. The first kappa shape index (κ1) is 17.0. The maximum Gasteiger partial charge on any atom is 0.339 e. The number of hydrogen-bond acceptors (Lipinski definition) is 4. The molecule has 2 aromatic carbocycles. The molecule has 1 N–H and O–H groups in total. The zero-order valence-corrected chi connectivity index (χ0v) is 14.3. The fourth-order valence-electron chi connectivity index (χ4n) is 2.20. The van der Waals surface area contributed by atoms with Crippen LogP contribution in [0.1, 0.15) is 23.6 Å². The number of amides is 1. The zero-order valence-electron chi connectivity index (χ0n) is 13.5.